The molecule has 300 valence electrons. The molecule has 6 nitrogen and oxygen atoms in total. The summed E-state index contributed by atoms with van der Waals surface area (Å²) in [4.78, 5) is 0.631. The lowest BCUT2D eigenvalue weighted by Crippen LogP contribution is -2.69. The average molecular weight is 811 g/mol. The fourth-order valence-electron chi connectivity index (χ4n) is 7.68. The van der Waals surface area contributed by atoms with E-state index in [1.807, 2.05) is 137 Å². The molecular weight excluding hydrogens is 757 g/mol. The lowest BCUT2D eigenvalue weighted by molar-refractivity contribution is -0.184. The highest BCUT2D eigenvalue weighted by Gasteiger charge is 2.56. The van der Waals surface area contributed by atoms with Gasteiger partial charge in [0, 0.05) is 4.90 Å². The molecule has 0 N–H and O–H groups in total. The predicted octanol–water partition coefficient (Wildman–Crippen LogP) is 9.67. The normalized spacial score (nSPS) is 20.2. The second kappa shape index (κ2) is 17.9. The van der Waals surface area contributed by atoms with Gasteiger partial charge < -0.3 is 23.4 Å². The third kappa shape index (κ3) is 9.16. The lowest BCUT2D eigenvalue weighted by Gasteiger charge is -2.48. The Bertz CT molecular complexity index is 2200. The minimum atomic E-state index is -3.05. The molecular formula is C50H54O6SSi. The minimum absolute atomic E-state index is 0.135. The zero-order valence-corrected chi connectivity index (χ0v) is 36.3. The van der Waals surface area contributed by atoms with E-state index in [1.54, 1.807) is 0 Å². The molecule has 1 saturated heterocycles. The summed E-state index contributed by atoms with van der Waals surface area (Å²) in [7, 11) is -4.75. The molecule has 0 saturated carbocycles. The maximum atomic E-state index is 15.0. The number of hydrogen-bond acceptors (Lipinski definition) is 6. The summed E-state index contributed by atoms with van der Waals surface area (Å²) in [6.07, 6.45) is -3.17. The smallest absolute Gasteiger partial charge is 0.261 e. The molecule has 0 radical (unpaired) electrons. The van der Waals surface area contributed by atoms with E-state index in [1.165, 1.54) is 0 Å². The van der Waals surface area contributed by atoms with Crippen LogP contribution in [0.15, 0.2) is 163 Å². The Balaban J connectivity index is 1.39. The summed E-state index contributed by atoms with van der Waals surface area (Å²) >= 11 is 0. The molecule has 8 heteroatoms. The van der Waals surface area contributed by atoms with Crippen molar-refractivity contribution < 1.29 is 27.6 Å². The molecule has 6 atom stereocenters. The van der Waals surface area contributed by atoms with Crippen molar-refractivity contribution in [2.24, 2.45) is 0 Å². The molecule has 0 amide bonds. The van der Waals surface area contributed by atoms with Crippen molar-refractivity contribution >= 4 is 29.5 Å². The number of ether oxygens (including phenoxy) is 4. The molecule has 1 heterocycles. The Morgan fingerprint density at radius 1 is 0.517 bits per heavy atom. The zero-order chi connectivity index (χ0) is 40.9. The molecule has 1 aliphatic rings. The highest BCUT2D eigenvalue weighted by Crippen LogP contribution is 2.39. The van der Waals surface area contributed by atoms with E-state index in [-0.39, 0.29) is 11.6 Å². The predicted molar refractivity (Wildman–Crippen MR) is 237 cm³/mol. The van der Waals surface area contributed by atoms with E-state index >= 15 is 4.21 Å². The molecule has 7 rings (SSSR count). The van der Waals surface area contributed by atoms with Crippen LogP contribution in [0.5, 0.6) is 17.2 Å². The van der Waals surface area contributed by atoms with E-state index in [4.69, 9.17) is 23.4 Å². The van der Waals surface area contributed by atoms with Gasteiger partial charge >= 0.3 is 0 Å². The van der Waals surface area contributed by atoms with Crippen molar-refractivity contribution in [2.45, 2.75) is 88.3 Å². The SMILES string of the molecule is Cc1ccc(O[C@@H]2[C@@H](Oc3ccc(C)cc3)[C@H](S(=O)c3ccc(C)cc3)O[C@H](CO[Si](c3ccccc3)(c3ccccc3)C(C)(C)C)[C@H]2Oc2ccc(C)cc2)cc1. The maximum absolute atomic E-state index is 15.0. The van der Waals surface area contributed by atoms with E-state index in [9.17, 15) is 0 Å². The van der Waals surface area contributed by atoms with Gasteiger partial charge in [0.05, 0.1) is 17.4 Å². The second-order valence-corrected chi connectivity index (χ2v) is 22.2. The highest BCUT2D eigenvalue weighted by molar-refractivity contribution is 7.85. The van der Waals surface area contributed by atoms with E-state index < -0.39 is 49.0 Å². The summed E-state index contributed by atoms with van der Waals surface area (Å²) in [5.41, 5.74) is 3.42. The molecule has 6 aromatic carbocycles. The van der Waals surface area contributed by atoms with Gasteiger partial charge in [-0.3, -0.25) is 4.21 Å². The van der Waals surface area contributed by atoms with Crippen molar-refractivity contribution in [3.8, 4) is 17.2 Å². The zero-order valence-electron chi connectivity index (χ0n) is 34.5. The molecule has 0 aromatic heterocycles. The topological polar surface area (TPSA) is 63.2 Å². The van der Waals surface area contributed by atoms with Crippen LogP contribution in [-0.4, -0.2) is 49.0 Å². The fourth-order valence-corrected chi connectivity index (χ4v) is 13.6. The van der Waals surface area contributed by atoms with Gasteiger partial charge in [-0.2, -0.15) is 0 Å². The molecule has 1 unspecified atom stereocenters. The van der Waals surface area contributed by atoms with Gasteiger partial charge in [-0.15, -0.1) is 0 Å². The number of rotatable bonds is 13. The Morgan fingerprint density at radius 3 is 1.31 bits per heavy atom. The first-order valence-electron chi connectivity index (χ1n) is 20.0. The Kier molecular flexibility index (Phi) is 12.7. The molecule has 0 bridgehead atoms. The van der Waals surface area contributed by atoms with Gasteiger partial charge in [-0.25, -0.2) is 0 Å². The molecule has 0 aliphatic carbocycles. The first-order valence-corrected chi connectivity index (χ1v) is 23.1. The second-order valence-electron chi connectivity index (χ2n) is 16.3. The number of hydrogen-bond donors (Lipinski definition) is 0. The monoisotopic (exact) mass is 810 g/mol. The van der Waals surface area contributed by atoms with Gasteiger partial charge in [0.25, 0.3) is 8.32 Å². The Labute approximate surface area is 347 Å². The maximum Gasteiger partial charge on any atom is 0.261 e. The summed E-state index contributed by atoms with van der Waals surface area (Å²) < 4.78 is 50.8. The van der Waals surface area contributed by atoms with E-state index in [0.717, 1.165) is 32.6 Å². The van der Waals surface area contributed by atoms with Crippen LogP contribution in [0.25, 0.3) is 0 Å². The Hall–Kier alpha value is -4.99. The van der Waals surface area contributed by atoms with Gasteiger partial charge in [0.15, 0.2) is 23.7 Å². The molecule has 1 fully saturated rings. The molecule has 58 heavy (non-hydrogen) atoms. The quantitative estimate of drug-likeness (QED) is 0.108. The lowest BCUT2D eigenvalue weighted by atomic mass is 9.98. The van der Waals surface area contributed by atoms with Crippen LogP contribution >= 0.6 is 0 Å². The van der Waals surface area contributed by atoms with Crippen LogP contribution in [0, 0.1) is 27.7 Å². The third-order valence-electron chi connectivity index (χ3n) is 10.8. The molecule has 6 aromatic rings. The van der Waals surface area contributed by atoms with Crippen LogP contribution in [0.4, 0.5) is 0 Å². The van der Waals surface area contributed by atoms with Gasteiger partial charge in [-0.05, 0) is 91.6 Å². The summed E-state index contributed by atoms with van der Waals surface area (Å²) in [5, 5.41) is 2.00. The minimum Gasteiger partial charge on any atom is -0.484 e. The van der Waals surface area contributed by atoms with Crippen LogP contribution in [0.3, 0.4) is 0 Å². The number of benzene rings is 6. The van der Waals surface area contributed by atoms with Gasteiger partial charge in [-0.1, -0.05) is 152 Å². The van der Waals surface area contributed by atoms with Crippen molar-refractivity contribution in [1.29, 1.82) is 0 Å². The largest absolute Gasteiger partial charge is 0.484 e. The van der Waals surface area contributed by atoms with Crippen molar-refractivity contribution in [3.63, 3.8) is 0 Å². The summed E-state index contributed by atoms with van der Waals surface area (Å²) in [6, 6.07) is 52.6. The summed E-state index contributed by atoms with van der Waals surface area (Å²) in [5.74, 6) is 1.90. The van der Waals surface area contributed by atoms with Crippen molar-refractivity contribution in [3.05, 3.63) is 180 Å². The summed E-state index contributed by atoms with van der Waals surface area (Å²) in [6.45, 7) is 15.0. The van der Waals surface area contributed by atoms with Crippen molar-refractivity contribution in [1.82, 2.24) is 0 Å². The standard InChI is InChI=1S/C50H54O6SSi/c1-35-18-26-39(27-19-35)53-46-45(34-52-58(50(5,6)7,43-14-10-8-11-15-43)44-16-12-9-13-17-44)56-49(57(51)42-32-24-38(4)25-33-42)48(55-41-30-22-37(3)23-31-41)47(46)54-40-28-20-36(2)21-29-40/h8-33,45-49H,34H2,1-7H3/t45-,46-,47+,48-,49+,57?/m1/s1. The van der Waals surface area contributed by atoms with Crippen LogP contribution in [0.1, 0.15) is 43.0 Å². The van der Waals surface area contributed by atoms with E-state index in [0.29, 0.717) is 22.1 Å². The average Bonchev–Trinajstić information content (AvgIpc) is 3.22. The van der Waals surface area contributed by atoms with E-state index in [2.05, 4.69) is 69.3 Å². The Morgan fingerprint density at radius 2 is 0.897 bits per heavy atom. The van der Waals surface area contributed by atoms with Crippen molar-refractivity contribution in [2.75, 3.05) is 6.61 Å². The van der Waals surface area contributed by atoms with Crippen LogP contribution in [-0.2, 0) is 20.0 Å². The van der Waals surface area contributed by atoms with Crippen LogP contribution < -0.4 is 24.6 Å². The molecule has 0 spiro atoms. The third-order valence-corrected chi connectivity index (χ3v) is 17.4. The highest BCUT2D eigenvalue weighted by atomic mass is 32.2. The van der Waals surface area contributed by atoms with Gasteiger partial charge in [0.2, 0.25) is 0 Å². The first kappa shape index (κ1) is 41.2. The van der Waals surface area contributed by atoms with Gasteiger partial charge in [0.1, 0.15) is 23.4 Å². The number of aryl methyl sites for hydroxylation is 4. The molecule has 1 aliphatic heterocycles. The fraction of sp³-hybridized carbons (Fsp3) is 0.280. The van der Waals surface area contributed by atoms with Crippen LogP contribution in [0.2, 0.25) is 5.04 Å². The first-order chi connectivity index (χ1) is 27.9.